The van der Waals surface area contributed by atoms with Gasteiger partial charge in [0.15, 0.2) is 5.96 Å². The highest BCUT2D eigenvalue weighted by atomic mass is 16.5. The molecule has 4 nitrogen and oxygen atoms in total. The van der Waals surface area contributed by atoms with E-state index in [0.717, 1.165) is 38.4 Å². The maximum atomic E-state index is 6.07. The van der Waals surface area contributed by atoms with E-state index < -0.39 is 0 Å². The number of nitrogens with one attached hydrogen (secondary N) is 2. The molecule has 4 heteroatoms. The van der Waals surface area contributed by atoms with E-state index >= 15 is 0 Å². The summed E-state index contributed by atoms with van der Waals surface area (Å²) in [5, 5.41) is 6.99. The van der Waals surface area contributed by atoms with Crippen molar-refractivity contribution in [3.8, 4) is 0 Å². The van der Waals surface area contributed by atoms with E-state index in [1.807, 2.05) is 7.05 Å². The van der Waals surface area contributed by atoms with Crippen molar-refractivity contribution in [1.29, 1.82) is 0 Å². The molecule has 124 valence electrons. The van der Waals surface area contributed by atoms with Gasteiger partial charge in [-0.3, -0.25) is 4.99 Å². The van der Waals surface area contributed by atoms with Crippen molar-refractivity contribution in [3.63, 3.8) is 0 Å². The van der Waals surface area contributed by atoms with Crippen molar-refractivity contribution in [2.45, 2.75) is 37.8 Å². The lowest BCUT2D eigenvalue weighted by Gasteiger charge is -2.32. The Labute approximate surface area is 139 Å². The van der Waals surface area contributed by atoms with E-state index in [2.05, 4.69) is 58.1 Å². The Morgan fingerprint density at radius 2 is 2.00 bits per heavy atom. The fraction of sp³-hybridized carbons (Fsp3) is 0.526. The molecule has 1 aromatic carbocycles. The number of ether oxygens (including phenoxy) is 1. The topological polar surface area (TPSA) is 45.7 Å². The van der Waals surface area contributed by atoms with Crippen LogP contribution >= 0.6 is 0 Å². The van der Waals surface area contributed by atoms with Gasteiger partial charge in [-0.2, -0.15) is 0 Å². The van der Waals surface area contributed by atoms with E-state index in [-0.39, 0.29) is 6.10 Å². The molecule has 1 aliphatic heterocycles. The van der Waals surface area contributed by atoms with Crippen LogP contribution in [-0.4, -0.2) is 32.2 Å². The minimum atomic E-state index is 0.184. The van der Waals surface area contributed by atoms with Gasteiger partial charge in [0.05, 0.1) is 6.10 Å². The number of hydrogen-bond donors (Lipinski definition) is 2. The molecule has 2 atom stereocenters. The van der Waals surface area contributed by atoms with Gasteiger partial charge in [-0.15, -0.1) is 0 Å². The van der Waals surface area contributed by atoms with E-state index in [1.165, 1.54) is 12.0 Å². The molecular formula is C19H27N3O. The van der Waals surface area contributed by atoms with Gasteiger partial charge in [0.2, 0.25) is 0 Å². The molecule has 2 unspecified atom stereocenters. The van der Waals surface area contributed by atoms with E-state index in [0.29, 0.717) is 12.0 Å². The van der Waals surface area contributed by atoms with Crippen LogP contribution in [0.25, 0.3) is 0 Å². The lowest BCUT2D eigenvalue weighted by molar-refractivity contribution is -0.0265. The van der Waals surface area contributed by atoms with Crippen molar-refractivity contribution in [1.82, 2.24) is 10.6 Å². The first kappa shape index (κ1) is 16.1. The summed E-state index contributed by atoms with van der Waals surface area (Å²) in [7, 11) is 1.84. The van der Waals surface area contributed by atoms with Crippen LogP contribution in [0.15, 0.2) is 47.5 Å². The predicted molar refractivity (Wildman–Crippen MR) is 94.5 cm³/mol. The second kappa shape index (κ2) is 8.16. The molecule has 2 aliphatic rings. The molecule has 1 fully saturated rings. The third-order valence-corrected chi connectivity index (χ3v) is 4.68. The maximum absolute atomic E-state index is 6.07. The standard InChI is InChI=1S/C19H27N3O/c1-20-19(22-17-11-5-6-12-17)21-14-16-10-7-13-23-18(16)15-8-3-2-4-9-15/h2-6,8-9,16-18H,7,10-14H2,1H3,(H2,20,21,22). The Morgan fingerprint density at radius 1 is 1.22 bits per heavy atom. The van der Waals surface area contributed by atoms with Crippen LogP contribution in [0, 0.1) is 5.92 Å². The highest BCUT2D eigenvalue weighted by Crippen LogP contribution is 2.33. The number of aliphatic imine (C=N–C) groups is 1. The summed E-state index contributed by atoms with van der Waals surface area (Å²) in [5.74, 6) is 1.38. The summed E-state index contributed by atoms with van der Waals surface area (Å²) in [5.41, 5.74) is 1.28. The quantitative estimate of drug-likeness (QED) is 0.510. The van der Waals surface area contributed by atoms with Crippen molar-refractivity contribution in [2.24, 2.45) is 10.9 Å². The molecule has 23 heavy (non-hydrogen) atoms. The number of benzene rings is 1. The first-order chi connectivity index (χ1) is 11.4. The molecule has 0 radical (unpaired) electrons. The van der Waals surface area contributed by atoms with Crippen LogP contribution in [0.1, 0.15) is 37.4 Å². The maximum Gasteiger partial charge on any atom is 0.191 e. The van der Waals surface area contributed by atoms with Crippen molar-refractivity contribution in [2.75, 3.05) is 20.2 Å². The molecule has 0 amide bonds. The van der Waals surface area contributed by atoms with Crippen LogP contribution in [0.5, 0.6) is 0 Å². The normalized spacial score (nSPS) is 25.5. The highest BCUT2D eigenvalue weighted by molar-refractivity contribution is 5.80. The van der Waals surface area contributed by atoms with E-state index in [1.54, 1.807) is 0 Å². The molecule has 2 N–H and O–H groups in total. The minimum Gasteiger partial charge on any atom is -0.373 e. The SMILES string of the molecule is CN=C(NCC1CCCOC1c1ccccc1)NC1CC=CC1. The molecule has 1 aromatic rings. The van der Waals surface area contributed by atoms with Gasteiger partial charge in [-0.05, 0) is 31.2 Å². The number of nitrogens with zero attached hydrogens (tertiary/aromatic N) is 1. The Bertz CT molecular complexity index is 533. The fourth-order valence-electron chi connectivity index (χ4n) is 3.41. The van der Waals surface area contributed by atoms with E-state index in [4.69, 9.17) is 4.74 Å². The fourth-order valence-corrected chi connectivity index (χ4v) is 3.41. The Morgan fingerprint density at radius 3 is 2.74 bits per heavy atom. The smallest absolute Gasteiger partial charge is 0.191 e. The summed E-state index contributed by atoms with van der Waals surface area (Å²) in [6.07, 6.45) is 9.13. The van der Waals surface area contributed by atoms with Crippen molar-refractivity contribution in [3.05, 3.63) is 48.0 Å². The van der Waals surface area contributed by atoms with Gasteiger partial charge in [0.1, 0.15) is 0 Å². The predicted octanol–water partition coefficient (Wildman–Crippen LogP) is 3.04. The van der Waals surface area contributed by atoms with Crippen molar-refractivity contribution >= 4 is 5.96 Å². The second-order valence-corrected chi connectivity index (χ2v) is 6.34. The van der Waals surface area contributed by atoms with Gasteiger partial charge >= 0.3 is 0 Å². The molecule has 1 heterocycles. The van der Waals surface area contributed by atoms with Crippen LogP contribution in [0.2, 0.25) is 0 Å². The molecule has 0 saturated carbocycles. The third kappa shape index (κ3) is 4.35. The van der Waals surface area contributed by atoms with Gasteiger partial charge in [-0.25, -0.2) is 0 Å². The molecule has 0 bridgehead atoms. The lowest BCUT2D eigenvalue weighted by Crippen LogP contribution is -2.45. The zero-order valence-corrected chi connectivity index (χ0v) is 13.9. The molecule has 1 saturated heterocycles. The molecule has 0 aromatic heterocycles. The average molecular weight is 313 g/mol. The number of rotatable bonds is 4. The molecule has 0 spiro atoms. The van der Waals surface area contributed by atoms with Gasteiger partial charge in [0, 0.05) is 32.2 Å². The average Bonchev–Trinajstić information content (AvgIpc) is 3.12. The number of hydrogen-bond acceptors (Lipinski definition) is 2. The highest BCUT2D eigenvalue weighted by Gasteiger charge is 2.27. The zero-order chi connectivity index (χ0) is 15.9. The monoisotopic (exact) mass is 313 g/mol. The van der Waals surface area contributed by atoms with E-state index in [9.17, 15) is 0 Å². The summed E-state index contributed by atoms with van der Waals surface area (Å²) >= 11 is 0. The third-order valence-electron chi connectivity index (χ3n) is 4.68. The summed E-state index contributed by atoms with van der Waals surface area (Å²) in [6, 6.07) is 11.0. The molecular weight excluding hydrogens is 286 g/mol. The lowest BCUT2D eigenvalue weighted by atomic mass is 9.89. The van der Waals surface area contributed by atoms with Crippen LogP contribution < -0.4 is 10.6 Å². The summed E-state index contributed by atoms with van der Waals surface area (Å²) in [4.78, 5) is 4.36. The summed E-state index contributed by atoms with van der Waals surface area (Å²) in [6.45, 7) is 1.75. The zero-order valence-electron chi connectivity index (χ0n) is 13.9. The van der Waals surface area contributed by atoms with Gasteiger partial charge in [0.25, 0.3) is 0 Å². The van der Waals surface area contributed by atoms with Crippen LogP contribution in [0.3, 0.4) is 0 Å². The Balaban J connectivity index is 1.56. The van der Waals surface area contributed by atoms with Crippen LogP contribution in [0.4, 0.5) is 0 Å². The second-order valence-electron chi connectivity index (χ2n) is 6.34. The van der Waals surface area contributed by atoms with Gasteiger partial charge in [-0.1, -0.05) is 42.5 Å². The minimum absolute atomic E-state index is 0.184. The molecule has 3 rings (SSSR count). The Kier molecular flexibility index (Phi) is 5.70. The summed E-state index contributed by atoms with van der Waals surface area (Å²) < 4.78 is 6.07. The van der Waals surface area contributed by atoms with Crippen LogP contribution in [-0.2, 0) is 4.74 Å². The van der Waals surface area contributed by atoms with Gasteiger partial charge < -0.3 is 15.4 Å². The first-order valence-corrected chi connectivity index (χ1v) is 8.65. The number of guanidine groups is 1. The molecule has 1 aliphatic carbocycles. The van der Waals surface area contributed by atoms with Crippen molar-refractivity contribution < 1.29 is 4.74 Å². The Hall–Kier alpha value is -1.81. The first-order valence-electron chi connectivity index (χ1n) is 8.65. The largest absolute Gasteiger partial charge is 0.373 e.